The molecule has 1 aliphatic rings. The highest BCUT2D eigenvalue weighted by Crippen LogP contribution is 2.24. The maximum absolute atomic E-state index is 5.76. The summed E-state index contributed by atoms with van der Waals surface area (Å²) in [5.41, 5.74) is 1.03. The van der Waals surface area contributed by atoms with Crippen molar-refractivity contribution in [1.29, 1.82) is 0 Å². The Morgan fingerprint density at radius 2 is 1.91 bits per heavy atom. The topological polar surface area (TPSA) is 83.5 Å². The minimum atomic E-state index is 0. The molecule has 0 radical (unpaired) electrons. The number of halogens is 1. The molecule has 2 aromatic heterocycles. The summed E-state index contributed by atoms with van der Waals surface area (Å²) in [7, 11) is 0. The van der Waals surface area contributed by atoms with Crippen LogP contribution in [0.5, 0.6) is 0 Å². The molecule has 0 amide bonds. The van der Waals surface area contributed by atoms with E-state index in [1.807, 2.05) is 41.0 Å². The fourth-order valence-electron chi connectivity index (χ4n) is 3.98. The van der Waals surface area contributed by atoms with E-state index >= 15 is 0 Å². The third-order valence-corrected chi connectivity index (χ3v) is 5.54. The number of hydrogen-bond donors (Lipinski definition) is 2. The van der Waals surface area contributed by atoms with Crippen molar-refractivity contribution in [3.63, 3.8) is 0 Å². The van der Waals surface area contributed by atoms with E-state index in [1.165, 1.54) is 19.3 Å². The minimum absolute atomic E-state index is 0. The predicted octanol–water partition coefficient (Wildman–Crippen LogP) is 3.76. The molecule has 8 nitrogen and oxygen atoms in total. The molecule has 2 N–H and O–H groups in total. The summed E-state index contributed by atoms with van der Waals surface area (Å²) in [6, 6.07) is 14.3. The first-order valence-corrected chi connectivity index (χ1v) is 11.1. The molecule has 1 aliphatic heterocycles. The predicted molar refractivity (Wildman–Crippen MR) is 136 cm³/mol. The number of aliphatic imine (C=N–C) groups is 1. The smallest absolute Gasteiger partial charge is 0.191 e. The standard InChI is InChI=1S/C23H31N7O.HI/c1-2-24-23(26-17-22-28-27-18-30(22)19-10-5-3-6-11-19)25-16-20(21-12-9-15-31-21)29-13-7-4-8-14-29;/h3,5-6,9-12,15,18,20H,2,4,7-8,13-14,16-17H2,1H3,(H2,24,25,26);1H. The van der Waals surface area contributed by atoms with Crippen molar-refractivity contribution in [2.45, 2.75) is 38.8 Å². The summed E-state index contributed by atoms with van der Waals surface area (Å²) in [5.74, 6) is 2.55. The van der Waals surface area contributed by atoms with Crippen molar-refractivity contribution >= 4 is 29.9 Å². The number of hydrogen-bond acceptors (Lipinski definition) is 5. The van der Waals surface area contributed by atoms with Crippen LogP contribution in [0.3, 0.4) is 0 Å². The third-order valence-electron chi connectivity index (χ3n) is 5.54. The number of guanidine groups is 1. The number of piperidine rings is 1. The van der Waals surface area contributed by atoms with Crippen molar-refractivity contribution in [2.75, 3.05) is 26.2 Å². The van der Waals surface area contributed by atoms with Crippen molar-refractivity contribution in [3.05, 3.63) is 66.6 Å². The number of para-hydroxylation sites is 1. The summed E-state index contributed by atoms with van der Waals surface area (Å²) in [4.78, 5) is 7.27. The Labute approximate surface area is 206 Å². The SMILES string of the molecule is CCNC(=NCc1nncn1-c1ccccc1)NCC(c1ccco1)N1CCCCC1.I. The molecule has 0 spiro atoms. The molecule has 1 saturated heterocycles. The molecule has 1 unspecified atom stereocenters. The van der Waals surface area contributed by atoms with Crippen molar-refractivity contribution in [1.82, 2.24) is 30.3 Å². The normalized spacial score (nSPS) is 15.7. The van der Waals surface area contributed by atoms with Gasteiger partial charge < -0.3 is 15.1 Å². The number of nitrogens with one attached hydrogen (secondary N) is 2. The van der Waals surface area contributed by atoms with Crippen molar-refractivity contribution in [2.24, 2.45) is 4.99 Å². The molecule has 0 saturated carbocycles. The molecule has 1 atom stereocenters. The minimum Gasteiger partial charge on any atom is -0.468 e. The van der Waals surface area contributed by atoms with Crippen LogP contribution in [0, 0.1) is 0 Å². The number of rotatable bonds is 8. The largest absolute Gasteiger partial charge is 0.468 e. The summed E-state index contributed by atoms with van der Waals surface area (Å²) in [6.45, 7) is 6.20. The van der Waals surface area contributed by atoms with Gasteiger partial charge in [0, 0.05) is 18.8 Å². The second-order valence-electron chi connectivity index (χ2n) is 7.66. The lowest BCUT2D eigenvalue weighted by Crippen LogP contribution is -2.44. The Morgan fingerprint density at radius 1 is 1.09 bits per heavy atom. The van der Waals surface area contributed by atoms with E-state index < -0.39 is 0 Å². The van der Waals surface area contributed by atoms with Crippen LogP contribution in [0.2, 0.25) is 0 Å². The number of aromatic nitrogens is 3. The maximum Gasteiger partial charge on any atom is 0.191 e. The van der Waals surface area contributed by atoms with Gasteiger partial charge in [-0.25, -0.2) is 4.99 Å². The first-order valence-electron chi connectivity index (χ1n) is 11.1. The summed E-state index contributed by atoms with van der Waals surface area (Å²) < 4.78 is 7.73. The Hall–Kier alpha value is -2.40. The second-order valence-corrected chi connectivity index (χ2v) is 7.66. The highest BCUT2D eigenvalue weighted by molar-refractivity contribution is 14.0. The lowest BCUT2D eigenvalue weighted by Gasteiger charge is -2.33. The highest BCUT2D eigenvalue weighted by atomic mass is 127. The molecule has 0 aliphatic carbocycles. The van der Waals surface area contributed by atoms with Gasteiger partial charge in [0.25, 0.3) is 0 Å². The summed E-state index contributed by atoms with van der Waals surface area (Å²) in [6.07, 6.45) is 7.26. The average molecular weight is 549 g/mol. The Morgan fingerprint density at radius 3 is 2.62 bits per heavy atom. The molecule has 1 fully saturated rings. The number of benzene rings is 1. The van der Waals surface area contributed by atoms with Gasteiger partial charge in [0.15, 0.2) is 11.8 Å². The number of nitrogens with zero attached hydrogens (tertiary/aromatic N) is 5. The van der Waals surface area contributed by atoms with Gasteiger partial charge in [0.1, 0.15) is 18.6 Å². The van der Waals surface area contributed by atoms with Gasteiger partial charge in [-0.15, -0.1) is 34.2 Å². The highest BCUT2D eigenvalue weighted by Gasteiger charge is 2.24. The summed E-state index contributed by atoms with van der Waals surface area (Å²) >= 11 is 0. The number of likely N-dealkylation sites (tertiary alicyclic amines) is 1. The average Bonchev–Trinajstić information content (AvgIpc) is 3.51. The zero-order valence-corrected chi connectivity index (χ0v) is 20.8. The molecule has 3 heterocycles. The van der Waals surface area contributed by atoms with Crippen LogP contribution in [0.4, 0.5) is 0 Å². The van der Waals surface area contributed by atoms with Crippen molar-refractivity contribution in [3.8, 4) is 5.69 Å². The van der Waals surface area contributed by atoms with Crippen LogP contribution in [0.1, 0.15) is 43.8 Å². The van der Waals surface area contributed by atoms with Crippen LogP contribution in [-0.2, 0) is 6.54 Å². The van der Waals surface area contributed by atoms with Gasteiger partial charge >= 0.3 is 0 Å². The Bertz CT molecular complexity index is 936. The van der Waals surface area contributed by atoms with Crippen LogP contribution >= 0.6 is 24.0 Å². The zero-order chi connectivity index (χ0) is 21.3. The van der Waals surface area contributed by atoms with Gasteiger partial charge in [-0.2, -0.15) is 0 Å². The number of furan rings is 1. The van der Waals surface area contributed by atoms with E-state index in [-0.39, 0.29) is 30.0 Å². The summed E-state index contributed by atoms with van der Waals surface area (Å²) in [5, 5.41) is 15.2. The fourth-order valence-corrected chi connectivity index (χ4v) is 3.98. The maximum atomic E-state index is 5.76. The van der Waals surface area contributed by atoms with E-state index in [0.29, 0.717) is 6.54 Å². The molecule has 1 aromatic carbocycles. The van der Waals surface area contributed by atoms with Gasteiger partial charge in [-0.1, -0.05) is 24.6 Å². The van der Waals surface area contributed by atoms with E-state index in [1.54, 1.807) is 12.6 Å². The van der Waals surface area contributed by atoms with E-state index in [9.17, 15) is 0 Å². The monoisotopic (exact) mass is 549 g/mol. The second kappa shape index (κ2) is 12.6. The molecule has 0 bridgehead atoms. The lowest BCUT2D eigenvalue weighted by molar-refractivity contribution is 0.146. The fraction of sp³-hybridized carbons (Fsp3) is 0.435. The quantitative estimate of drug-likeness (QED) is 0.253. The molecular formula is C23H32IN7O. The molecule has 3 aromatic rings. The zero-order valence-electron chi connectivity index (χ0n) is 18.5. The van der Waals surface area contributed by atoms with Crippen molar-refractivity contribution < 1.29 is 4.42 Å². The molecule has 4 rings (SSSR count). The molecular weight excluding hydrogens is 517 g/mol. The van der Waals surface area contributed by atoms with Gasteiger partial charge in [0.05, 0.1) is 12.3 Å². The molecule has 9 heteroatoms. The van der Waals surface area contributed by atoms with Crippen LogP contribution in [0.15, 0.2) is 64.5 Å². The van der Waals surface area contributed by atoms with E-state index in [0.717, 1.165) is 49.4 Å². The van der Waals surface area contributed by atoms with E-state index in [4.69, 9.17) is 9.41 Å². The van der Waals surface area contributed by atoms with Gasteiger partial charge in [-0.05, 0) is 57.1 Å². The first kappa shape index (κ1) is 24.2. The third kappa shape index (κ3) is 6.32. The Kier molecular flexibility index (Phi) is 9.54. The van der Waals surface area contributed by atoms with Gasteiger partial charge in [0.2, 0.25) is 0 Å². The molecule has 32 heavy (non-hydrogen) atoms. The first-order chi connectivity index (χ1) is 15.3. The van der Waals surface area contributed by atoms with Gasteiger partial charge in [-0.3, -0.25) is 9.47 Å². The van der Waals surface area contributed by atoms with Crippen LogP contribution in [0.25, 0.3) is 5.69 Å². The Balaban J connectivity index is 0.00000289. The lowest BCUT2D eigenvalue weighted by atomic mass is 10.1. The molecule has 172 valence electrons. The van der Waals surface area contributed by atoms with Crippen LogP contribution < -0.4 is 10.6 Å². The van der Waals surface area contributed by atoms with Crippen LogP contribution in [-0.4, -0.2) is 51.8 Å². The van der Waals surface area contributed by atoms with E-state index in [2.05, 4.69) is 38.7 Å².